The van der Waals surface area contributed by atoms with Crippen LogP contribution in [0.15, 0.2) is 0 Å². The summed E-state index contributed by atoms with van der Waals surface area (Å²) in [6.45, 7) is 10.0. The number of hydrogen-bond donors (Lipinski definition) is 0. The normalized spacial score (nSPS) is 20.3. The second kappa shape index (κ2) is 5.22. The third-order valence-electron chi connectivity index (χ3n) is 4.57. The van der Waals surface area contributed by atoms with Crippen molar-refractivity contribution in [2.75, 3.05) is 13.1 Å². The summed E-state index contributed by atoms with van der Waals surface area (Å²) < 4.78 is 1.77. The highest BCUT2D eigenvalue weighted by Crippen LogP contribution is 2.34. The van der Waals surface area contributed by atoms with Crippen molar-refractivity contribution < 1.29 is 0 Å². The summed E-state index contributed by atoms with van der Waals surface area (Å²) in [6, 6.07) is 0. The Morgan fingerprint density at radius 1 is 1.33 bits per heavy atom. The van der Waals surface area contributed by atoms with Gasteiger partial charge in [-0.15, -0.1) is 0 Å². The number of aryl methyl sites for hydroxylation is 2. The monoisotopic (exact) mass is 269 g/mol. The SMILES string of the molecule is CCC1(C)CCN(Cc2c(C)nn(C)c2Cl)CC1. The third-order valence-corrected chi connectivity index (χ3v) is 5.04. The number of nitrogens with zero attached hydrogens (tertiary/aromatic N) is 3. The van der Waals surface area contributed by atoms with Gasteiger partial charge in [-0.2, -0.15) is 5.10 Å². The summed E-state index contributed by atoms with van der Waals surface area (Å²) in [5, 5.41) is 5.17. The van der Waals surface area contributed by atoms with Gasteiger partial charge >= 0.3 is 0 Å². The molecule has 0 amide bonds. The fourth-order valence-corrected chi connectivity index (χ4v) is 2.92. The number of hydrogen-bond acceptors (Lipinski definition) is 2. The van der Waals surface area contributed by atoms with Crippen LogP contribution in [0.2, 0.25) is 5.15 Å². The Bertz CT molecular complexity index is 417. The summed E-state index contributed by atoms with van der Waals surface area (Å²) in [7, 11) is 1.91. The first-order valence-corrected chi connectivity index (χ1v) is 7.23. The molecule has 18 heavy (non-hydrogen) atoms. The van der Waals surface area contributed by atoms with E-state index in [2.05, 4.69) is 23.8 Å². The Morgan fingerprint density at radius 3 is 2.39 bits per heavy atom. The lowest BCUT2D eigenvalue weighted by Crippen LogP contribution is -2.38. The van der Waals surface area contributed by atoms with E-state index < -0.39 is 0 Å². The van der Waals surface area contributed by atoms with E-state index in [-0.39, 0.29) is 0 Å². The van der Waals surface area contributed by atoms with Gasteiger partial charge in [-0.3, -0.25) is 9.58 Å². The largest absolute Gasteiger partial charge is 0.299 e. The highest BCUT2D eigenvalue weighted by Gasteiger charge is 2.28. The molecule has 4 heteroatoms. The molecule has 0 atom stereocenters. The van der Waals surface area contributed by atoms with Crippen LogP contribution in [0, 0.1) is 12.3 Å². The molecule has 0 aliphatic carbocycles. The second-order valence-corrected chi connectivity index (χ2v) is 6.28. The van der Waals surface area contributed by atoms with E-state index in [1.54, 1.807) is 4.68 Å². The van der Waals surface area contributed by atoms with Gasteiger partial charge in [-0.05, 0) is 38.3 Å². The van der Waals surface area contributed by atoms with E-state index in [4.69, 9.17) is 11.6 Å². The fourth-order valence-electron chi connectivity index (χ4n) is 2.68. The van der Waals surface area contributed by atoms with Gasteiger partial charge in [0.1, 0.15) is 5.15 Å². The second-order valence-electron chi connectivity index (χ2n) is 5.92. The van der Waals surface area contributed by atoms with Crippen LogP contribution >= 0.6 is 11.6 Å². The summed E-state index contributed by atoms with van der Waals surface area (Å²) in [5.74, 6) is 0. The summed E-state index contributed by atoms with van der Waals surface area (Å²) in [5.41, 5.74) is 2.80. The predicted octanol–water partition coefficient (Wildman–Crippen LogP) is 3.39. The first-order valence-electron chi connectivity index (χ1n) is 6.85. The summed E-state index contributed by atoms with van der Waals surface area (Å²) in [6.07, 6.45) is 3.87. The van der Waals surface area contributed by atoms with Gasteiger partial charge in [-0.1, -0.05) is 31.9 Å². The molecule has 102 valence electrons. The molecule has 0 bridgehead atoms. The predicted molar refractivity (Wildman–Crippen MR) is 75.9 cm³/mol. The molecular weight excluding hydrogens is 246 g/mol. The minimum absolute atomic E-state index is 0.546. The average Bonchev–Trinajstić information content (AvgIpc) is 2.59. The number of aromatic nitrogens is 2. The minimum atomic E-state index is 0.546. The van der Waals surface area contributed by atoms with Gasteiger partial charge in [0.2, 0.25) is 0 Å². The lowest BCUT2D eigenvalue weighted by molar-refractivity contribution is 0.109. The van der Waals surface area contributed by atoms with Gasteiger partial charge in [0.15, 0.2) is 0 Å². The molecule has 1 aliphatic rings. The van der Waals surface area contributed by atoms with Crippen molar-refractivity contribution in [3.05, 3.63) is 16.4 Å². The number of likely N-dealkylation sites (tertiary alicyclic amines) is 1. The average molecular weight is 270 g/mol. The van der Waals surface area contributed by atoms with E-state index in [0.29, 0.717) is 5.41 Å². The Labute approximate surface area is 115 Å². The molecule has 1 aromatic rings. The van der Waals surface area contributed by atoms with Crippen LogP contribution in [0.1, 0.15) is 44.4 Å². The quantitative estimate of drug-likeness (QED) is 0.839. The standard InChI is InChI=1S/C14H24ClN3/c1-5-14(3)6-8-18(9-7-14)10-12-11(2)16-17(4)13(12)15/h5-10H2,1-4H3. The van der Waals surface area contributed by atoms with E-state index in [0.717, 1.165) is 17.4 Å². The Balaban J connectivity index is 2.00. The lowest BCUT2D eigenvalue weighted by atomic mass is 9.78. The van der Waals surface area contributed by atoms with Crippen molar-refractivity contribution in [1.29, 1.82) is 0 Å². The van der Waals surface area contributed by atoms with Gasteiger partial charge in [0.25, 0.3) is 0 Å². The zero-order chi connectivity index (χ0) is 13.3. The van der Waals surface area contributed by atoms with Crippen LogP contribution in [0.5, 0.6) is 0 Å². The van der Waals surface area contributed by atoms with Crippen LogP contribution < -0.4 is 0 Å². The maximum absolute atomic E-state index is 6.29. The Kier molecular flexibility index (Phi) is 4.02. The molecule has 0 aromatic carbocycles. The highest BCUT2D eigenvalue weighted by molar-refractivity contribution is 6.30. The highest BCUT2D eigenvalue weighted by atomic mass is 35.5. The molecule has 0 saturated carbocycles. The van der Waals surface area contributed by atoms with Gasteiger partial charge in [-0.25, -0.2) is 0 Å². The smallest absolute Gasteiger partial charge is 0.131 e. The molecule has 2 heterocycles. The number of halogens is 1. The van der Waals surface area contributed by atoms with Crippen molar-refractivity contribution in [1.82, 2.24) is 14.7 Å². The molecular formula is C14H24ClN3. The van der Waals surface area contributed by atoms with Gasteiger partial charge in [0.05, 0.1) is 5.69 Å². The van der Waals surface area contributed by atoms with Crippen LogP contribution in [0.25, 0.3) is 0 Å². The van der Waals surface area contributed by atoms with Crippen LogP contribution in [0.4, 0.5) is 0 Å². The molecule has 1 saturated heterocycles. The summed E-state index contributed by atoms with van der Waals surface area (Å²) in [4.78, 5) is 2.51. The molecule has 1 fully saturated rings. The van der Waals surface area contributed by atoms with Crippen molar-refractivity contribution in [3.8, 4) is 0 Å². The van der Waals surface area contributed by atoms with Crippen molar-refractivity contribution in [2.45, 2.75) is 46.6 Å². The first kappa shape index (κ1) is 13.9. The first-order chi connectivity index (χ1) is 8.45. The van der Waals surface area contributed by atoms with Crippen molar-refractivity contribution in [2.24, 2.45) is 12.5 Å². The Morgan fingerprint density at radius 2 is 1.94 bits per heavy atom. The Hall–Kier alpha value is -0.540. The number of piperidine rings is 1. The van der Waals surface area contributed by atoms with Crippen molar-refractivity contribution >= 4 is 11.6 Å². The molecule has 0 radical (unpaired) electrons. The van der Waals surface area contributed by atoms with Crippen molar-refractivity contribution in [3.63, 3.8) is 0 Å². The zero-order valence-electron chi connectivity index (χ0n) is 12.0. The molecule has 1 aromatic heterocycles. The molecule has 0 spiro atoms. The van der Waals surface area contributed by atoms with Crippen LogP contribution in [0.3, 0.4) is 0 Å². The fraction of sp³-hybridized carbons (Fsp3) is 0.786. The molecule has 2 rings (SSSR count). The topological polar surface area (TPSA) is 21.1 Å². The van der Waals surface area contributed by atoms with E-state index in [9.17, 15) is 0 Å². The molecule has 0 unspecified atom stereocenters. The molecule has 1 aliphatic heterocycles. The van der Waals surface area contributed by atoms with Gasteiger partial charge < -0.3 is 0 Å². The number of rotatable bonds is 3. The maximum atomic E-state index is 6.29. The van der Waals surface area contributed by atoms with E-state index in [1.165, 1.54) is 37.9 Å². The minimum Gasteiger partial charge on any atom is -0.299 e. The third kappa shape index (κ3) is 2.72. The lowest BCUT2D eigenvalue weighted by Gasteiger charge is -2.38. The summed E-state index contributed by atoms with van der Waals surface area (Å²) >= 11 is 6.29. The zero-order valence-corrected chi connectivity index (χ0v) is 12.7. The van der Waals surface area contributed by atoms with E-state index >= 15 is 0 Å². The van der Waals surface area contributed by atoms with Gasteiger partial charge in [0, 0.05) is 19.2 Å². The molecule has 3 nitrogen and oxygen atoms in total. The maximum Gasteiger partial charge on any atom is 0.131 e. The van der Waals surface area contributed by atoms with E-state index in [1.807, 2.05) is 14.0 Å². The van der Waals surface area contributed by atoms with Crippen LogP contribution in [-0.2, 0) is 13.6 Å². The van der Waals surface area contributed by atoms with Crippen LogP contribution in [-0.4, -0.2) is 27.8 Å². The molecule has 0 N–H and O–H groups in total.